The molecule has 0 nitrogen and oxygen atoms in total. The summed E-state index contributed by atoms with van der Waals surface area (Å²) in [6.07, 6.45) is 0. The summed E-state index contributed by atoms with van der Waals surface area (Å²) in [5, 5.41) is 0. The zero-order valence-electron chi connectivity index (χ0n) is 10.3. The summed E-state index contributed by atoms with van der Waals surface area (Å²) < 4.78 is 2.89. The van der Waals surface area contributed by atoms with Gasteiger partial charge in [0.15, 0.2) is 0 Å². The Kier molecular flexibility index (Phi) is 6.95. The molecule has 0 aromatic heterocycles. The van der Waals surface area contributed by atoms with Crippen LogP contribution in [0.5, 0.6) is 0 Å². The third-order valence-electron chi connectivity index (χ3n) is 1.78. The van der Waals surface area contributed by atoms with Crippen LogP contribution in [0.15, 0.2) is 18.2 Å². The predicted molar refractivity (Wildman–Crippen MR) is 86.5 cm³/mol. The van der Waals surface area contributed by atoms with Crippen molar-refractivity contribution in [1.82, 2.24) is 0 Å². The van der Waals surface area contributed by atoms with Gasteiger partial charge in [-0.3, -0.25) is 0 Å². The molecule has 5 heteroatoms. The molecule has 0 radical (unpaired) electrons. The molecule has 0 rings (SSSR count). The molecular formula is C10H20Br2SeSi2. The van der Waals surface area contributed by atoms with E-state index in [2.05, 4.69) is 81.1 Å². The number of halogens is 2. The molecule has 0 saturated carbocycles. The van der Waals surface area contributed by atoms with Crippen LogP contribution in [0.4, 0.5) is 0 Å². The fraction of sp³-hybridized carbons (Fsp3) is 0.600. The second kappa shape index (κ2) is 6.36. The molecule has 88 valence electrons. The van der Waals surface area contributed by atoms with Crippen LogP contribution in [0.2, 0.25) is 39.3 Å². The van der Waals surface area contributed by atoms with Gasteiger partial charge in [-0.05, 0) is 0 Å². The topological polar surface area (TPSA) is 0 Å². The van der Waals surface area contributed by atoms with Crippen LogP contribution in [0.25, 0.3) is 0 Å². The van der Waals surface area contributed by atoms with E-state index >= 15 is 0 Å². The Hall–Kier alpha value is 1.39. The van der Waals surface area contributed by atoms with Crippen LogP contribution in [-0.4, -0.2) is 31.1 Å². The standard InChI is InChI=1S/C10H20Br2SeSi2/c1-14(2,3)9(11)7-13-8-10(12)15(4,5)6/h7-8H,1-6H3. The molecule has 0 atom stereocenters. The van der Waals surface area contributed by atoms with Crippen molar-refractivity contribution in [2.45, 2.75) is 39.3 Å². The van der Waals surface area contributed by atoms with Crippen molar-refractivity contribution in [3.05, 3.63) is 18.2 Å². The van der Waals surface area contributed by atoms with Gasteiger partial charge in [-0.15, -0.1) is 0 Å². The van der Waals surface area contributed by atoms with E-state index in [0.717, 1.165) is 0 Å². The molecule has 0 aliphatic heterocycles. The zero-order chi connectivity index (χ0) is 12.3. The van der Waals surface area contributed by atoms with Crippen molar-refractivity contribution >= 4 is 63.0 Å². The molecule has 0 aliphatic rings. The second-order valence-electron chi connectivity index (χ2n) is 5.57. The molecule has 0 N–H and O–H groups in total. The minimum atomic E-state index is -1.12. The molecule has 0 amide bonds. The summed E-state index contributed by atoms with van der Waals surface area (Å²) in [4.78, 5) is 4.75. The summed E-state index contributed by atoms with van der Waals surface area (Å²) in [5.41, 5.74) is 0. The number of hydrogen-bond acceptors (Lipinski definition) is 0. The molecule has 0 unspecified atom stereocenters. The molecule has 15 heavy (non-hydrogen) atoms. The predicted octanol–water partition coefficient (Wildman–Crippen LogP) is 4.92. The monoisotopic (exact) mass is 434 g/mol. The van der Waals surface area contributed by atoms with Gasteiger partial charge in [0, 0.05) is 0 Å². The minimum absolute atomic E-state index is 0.484. The molecule has 0 heterocycles. The first-order chi connectivity index (χ1) is 6.55. The van der Waals surface area contributed by atoms with Crippen molar-refractivity contribution in [2.75, 3.05) is 0 Å². The van der Waals surface area contributed by atoms with E-state index in [-0.39, 0.29) is 0 Å². The van der Waals surface area contributed by atoms with Gasteiger partial charge in [0.1, 0.15) is 0 Å². The third kappa shape index (κ3) is 7.34. The van der Waals surface area contributed by atoms with Crippen molar-refractivity contribution in [1.29, 1.82) is 0 Å². The van der Waals surface area contributed by atoms with Gasteiger partial charge in [-0.1, -0.05) is 0 Å². The summed E-state index contributed by atoms with van der Waals surface area (Å²) in [7, 11) is -2.24. The Morgan fingerprint density at radius 3 is 1.27 bits per heavy atom. The van der Waals surface area contributed by atoms with Crippen LogP contribution in [0, 0.1) is 0 Å². The van der Waals surface area contributed by atoms with Crippen LogP contribution < -0.4 is 0 Å². The molecule has 0 spiro atoms. The van der Waals surface area contributed by atoms with Crippen LogP contribution >= 0.6 is 31.9 Å². The Bertz CT molecular complexity index is 244. The molecular weight excluding hydrogens is 415 g/mol. The first-order valence-corrected chi connectivity index (χ1v) is 15.5. The number of hydrogen-bond donors (Lipinski definition) is 0. The normalized spacial score (nSPS) is 15.7. The molecule has 0 fully saturated rings. The summed E-state index contributed by atoms with van der Waals surface area (Å²) in [6.45, 7) is 14.2. The first kappa shape index (κ1) is 16.4. The fourth-order valence-electron chi connectivity index (χ4n) is 0.507. The van der Waals surface area contributed by atoms with E-state index in [1.165, 1.54) is 8.21 Å². The molecule has 0 saturated heterocycles. The van der Waals surface area contributed by atoms with Crippen molar-refractivity contribution in [3.8, 4) is 0 Å². The van der Waals surface area contributed by atoms with E-state index in [0.29, 0.717) is 15.0 Å². The first-order valence-electron chi connectivity index (χ1n) is 4.93. The van der Waals surface area contributed by atoms with Gasteiger partial charge >= 0.3 is 120 Å². The zero-order valence-corrected chi connectivity index (χ0v) is 17.2. The third-order valence-corrected chi connectivity index (χ3v) is 16.4. The van der Waals surface area contributed by atoms with Gasteiger partial charge < -0.3 is 0 Å². The second-order valence-corrected chi connectivity index (χ2v) is 20.4. The quantitative estimate of drug-likeness (QED) is 0.551. The summed E-state index contributed by atoms with van der Waals surface area (Å²) in [6, 6.07) is 0. The SMILES string of the molecule is C[Si](C)(C)C(Br)=C[Se]C=C(Br)[Si](C)(C)C. The van der Waals surface area contributed by atoms with Crippen LogP contribution in [0.3, 0.4) is 0 Å². The van der Waals surface area contributed by atoms with E-state index in [1.807, 2.05) is 0 Å². The fourth-order valence-corrected chi connectivity index (χ4v) is 8.14. The molecule has 0 aromatic carbocycles. The van der Waals surface area contributed by atoms with Gasteiger partial charge in [0.25, 0.3) is 0 Å². The summed E-state index contributed by atoms with van der Waals surface area (Å²) in [5.74, 6) is 0. The number of rotatable bonds is 4. The van der Waals surface area contributed by atoms with E-state index in [4.69, 9.17) is 0 Å². The van der Waals surface area contributed by atoms with Crippen molar-refractivity contribution in [3.63, 3.8) is 0 Å². The van der Waals surface area contributed by atoms with E-state index in [1.54, 1.807) is 0 Å². The molecule has 0 aliphatic carbocycles. The van der Waals surface area contributed by atoms with Gasteiger partial charge in [0.05, 0.1) is 0 Å². The van der Waals surface area contributed by atoms with Crippen molar-refractivity contribution in [2.24, 2.45) is 0 Å². The summed E-state index contributed by atoms with van der Waals surface area (Å²) >= 11 is 7.89. The molecule has 0 bridgehead atoms. The maximum absolute atomic E-state index is 3.70. The van der Waals surface area contributed by atoms with Crippen molar-refractivity contribution < 1.29 is 0 Å². The Balaban J connectivity index is 4.44. The van der Waals surface area contributed by atoms with Gasteiger partial charge in [-0.25, -0.2) is 0 Å². The van der Waals surface area contributed by atoms with Crippen LogP contribution in [-0.2, 0) is 0 Å². The average molecular weight is 435 g/mol. The van der Waals surface area contributed by atoms with Crippen LogP contribution in [0.1, 0.15) is 0 Å². The Morgan fingerprint density at radius 2 is 1.07 bits per heavy atom. The van der Waals surface area contributed by atoms with Gasteiger partial charge in [-0.2, -0.15) is 0 Å². The van der Waals surface area contributed by atoms with Gasteiger partial charge in [0.2, 0.25) is 0 Å². The van der Waals surface area contributed by atoms with E-state index in [9.17, 15) is 0 Å². The molecule has 0 aromatic rings. The maximum atomic E-state index is 3.70. The Labute approximate surface area is 119 Å². The van der Waals surface area contributed by atoms with E-state index < -0.39 is 16.1 Å². The Morgan fingerprint density at radius 1 is 0.800 bits per heavy atom. The average Bonchev–Trinajstić information content (AvgIpc) is 2.00.